The first kappa shape index (κ1) is 19.5. The van der Waals surface area contributed by atoms with Crippen LogP contribution in [0, 0.1) is 5.92 Å². The summed E-state index contributed by atoms with van der Waals surface area (Å²) in [6, 6.07) is 13.4. The van der Waals surface area contributed by atoms with Crippen LogP contribution in [0.15, 0.2) is 47.3 Å². The highest BCUT2D eigenvalue weighted by atomic mass is 16.2. The molecule has 2 heterocycles. The third kappa shape index (κ3) is 3.98. The maximum Gasteiger partial charge on any atom is 0.328 e. The van der Waals surface area contributed by atoms with Crippen LogP contribution in [-0.2, 0) is 20.6 Å². The summed E-state index contributed by atoms with van der Waals surface area (Å²) in [5.74, 6) is 0.610. The van der Waals surface area contributed by atoms with E-state index in [2.05, 4.69) is 17.1 Å². The van der Waals surface area contributed by atoms with Gasteiger partial charge in [0, 0.05) is 38.4 Å². The van der Waals surface area contributed by atoms with Gasteiger partial charge in [0.1, 0.15) is 0 Å². The number of nitrogens with one attached hydrogen (secondary N) is 1. The van der Waals surface area contributed by atoms with Crippen molar-refractivity contribution in [1.29, 1.82) is 0 Å². The van der Waals surface area contributed by atoms with Gasteiger partial charge in [-0.25, -0.2) is 4.79 Å². The van der Waals surface area contributed by atoms with E-state index in [1.807, 2.05) is 42.5 Å². The van der Waals surface area contributed by atoms with Gasteiger partial charge in [0.25, 0.3) is 5.91 Å². The van der Waals surface area contributed by atoms with Crippen molar-refractivity contribution in [2.45, 2.75) is 26.3 Å². The van der Waals surface area contributed by atoms with Crippen molar-refractivity contribution in [3.8, 4) is 0 Å². The van der Waals surface area contributed by atoms with Crippen LogP contribution >= 0.6 is 0 Å². The minimum absolute atomic E-state index is 0.0813. The number of carbonyl (C=O) groups is 1. The molecule has 0 bridgehead atoms. The maximum absolute atomic E-state index is 12.7. The van der Waals surface area contributed by atoms with Crippen LogP contribution in [0.25, 0.3) is 11.0 Å². The average molecular weight is 393 g/mol. The highest BCUT2D eigenvalue weighted by molar-refractivity contribution is 6.05. The zero-order valence-electron chi connectivity index (χ0n) is 17.3. The first-order chi connectivity index (χ1) is 13.9. The minimum atomic E-state index is -0.150. The lowest BCUT2D eigenvalue weighted by Crippen LogP contribution is -2.33. The van der Waals surface area contributed by atoms with E-state index in [0.29, 0.717) is 11.3 Å². The predicted molar refractivity (Wildman–Crippen MR) is 116 cm³/mol. The Kier molecular flexibility index (Phi) is 5.28. The Balaban J connectivity index is 1.45. The molecule has 1 aliphatic heterocycles. The van der Waals surface area contributed by atoms with E-state index in [0.717, 1.165) is 36.6 Å². The molecule has 1 atom stereocenters. The van der Waals surface area contributed by atoms with Crippen molar-refractivity contribution in [1.82, 2.24) is 14.0 Å². The highest BCUT2D eigenvalue weighted by Gasteiger charge is 2.16. The summed E-state index contributed by atoms with van der Waals surface area (Å²) in [7, 11) is 3.48. The molecular weight excluding hydrogens is 364 g/mol. The number of benzene rings is 2. The number of aromatic nitrogens is 2. The molecule has 6 heteroatoms. The molecule has 0 saturated carbocycles. The summed E-state index contributed by atoms with van der Waals surface area (Å²) in [5.41, 5.74) is 4.09. The Labute approximate surface area is 170 Å². The fourth-order valence-corrected chi connectivity index (χ4v) is 4.24. The molecule has 1 fully saturated rings. The standard InChI is InChI=1S/C23H28N4O2/c1-16-5-4-12-27(14-16)15-17-6-8-18(9-7-17)22(28)24-19-10-11-20-21(13-19)26(3)23(29)25(20)2/h6-11,13,16H,4-5,12,14-15H2,1-3H3,(H,24,28)/t16-/m0/s1. The number of fused-ring (bicyclic) bond motifs is 1. The van der Waals surface area contributed by atoms with Crippen LogP contribution in [0.4, 0.5) is 5.69 Å². The quantitative estimate of drug-likeness (QED) is 0.741. The van der Waals surface area contributed by atoms with Crippen LogP contribution in [-0.4, -0.2) is 33.0 Å². The minimum Gasteiger partial charge on any atom is -0.322 e. The molecule has 2 aromatic carbocycles. The van der Waals surface area contributed by atoms with Crippen LogP contribution in [0.1, 0.15) is 35.7 Å². The molecule has 4 rings (SSSR count). The van der Waals surface area contributed by atoms with Gasteiger partial charge in [-0.1, -0.05) is 19.1 Å². The first-order valence-corrected chi connectivity index (χ1v) is 10.2. The fourth-order valence-electron chi connectivity index (χ4n) is 4.24. The molecule has 0 radical (unpaired) electrons. The molecule has 1 N–H and O–H groups in total. The van der Waals surface area contributed by atoms with E-state index in [4.69, 9.17) is 0 Å². The van der Waals surface area contributed by atoms with E-state index in [1.165, 1.54) is 18.4 Å². The Morgan fingerprint density at radius 2 is 1.79 bits per heavy atom. The zero-order chi connectivity index (χ0) is 20.5. The van der Waals surface area contributed by atoms with Crippen molar-refractivity contribution in [3.63, 3.8) is 0 Å². The third-order valence-corrected chi connectivity index (χ3v) is 5.89. The van der Waals surface area contributed by atoms with E-state index >= 15 is 0 Å². The summed E-state index contributed by atoms with van der Waals surface area (Å²) in [5, 5.41) is 2.94. The molecule has 1 amide bonds. The van der Waals surface area contributed by atoms with Gasteiger partial charge in [0.2, 0.25) is 0 Å². The molecule has 6 nitrogen and oxygen atoms in total. The normalized spacial score (nSPS) is 17.6. The molecule has 3 aromatic rings. The van der Waals surface area contributed by atoms with Gasteiger partial charge in [-0.15, -0.1) is 0 Å². The molecule has 1 aromatic heterocycles. The molecule has 29 heavy (non-hydrogen) atoms. The maximum atomic E-state index is 12.7. The number of imidazole rings is 1. The van der Waals surface area contributed by atoms with Gasteiger partial charge < -0.3 is 5.32 Å². The summed E-state index contributed by atoms with van der Waals surface area (Å²) in [4.78, 5) is 27.2. The fraction of sp³-hybridized carbons (Fsp3) is 0.391. The van der Waals surface area contributed by atoms with E-state index in [-0.39, 0.29) is 11.6 Å². The summed E-state index contributed by atoms with van der Waals surface area (Å²) in [6.45, 7) is 5.54. The summed E-state index contributed by atoms with van der Waals surface area (Å²) < 4.78 is 3.18. The monoisotopic (exact) mass is 392 g/mol. The Morgan fingerprint density at radius 3 is 2.52 bits per heavy atom. The molecule has 152 valence electrons. The van der Waals surface area contributed by atoms with Gasteiger partial charge >= 0.3 is 5.69 Å². The van der Waals surface area contributed by atoms with Crippen molar-refractivity contribution in [2.75, 3.05) is 18.4 Å². The van der Waals surface area contributed by atoms with Crippen molar-refractivity contribution >= 4 is 22.6 Å². The second kappa shape index (κ2) is 7.87. The number of hydrogen-bond acceptors (Lipinski definition) is 3. The third-order valence-electron chi connectivity index (χ3n) is 5.89. The summed E-state index contributed by atoms with van der Waals surface area (Å²) >= 11 is 0. The van der Waals surface area contributed by atoms with Gasteiger partial charge in [0.05, 0.1) is 11.0 Å². The Hall–Kier alpha value is -2.86. The molecule has 0 unspecified atom stereocenters. The molecule has 0 aliphatic carbocycles. The lowest BCUT2D eigenvalue weighted by atomic mass is 9.99. The van der Waals surface area contributed by atoms with E-state index in [9.17, 15) is 9.59 Å². The number of amides is 1. The number of carbonyl (C=O) groups excluding carboxylic acids is 1. The van der Waals surface area contributed by atoms with Crippen molar-refractivity contribution in [3.05, 3.63) is 64.1 Å². The topological polar surface area (TPSA) is 59.3 Å². The first-order valence-electron chi connectivity index (χ1n) is 10.2. The molecular formula is C23H28N4O2. The van der Waals surface area contributed by atoms with Crippen molar-refractivity contribution in [2.24, 2.45) is 20.0 Å². The average Bonchev–Trinajstić information content (AvgIpc) is 2.92. The van der Waals surface area contributed by atoms with Crippen LogP contribution in [0.5, 0.6) is 0 Å². The number of hydrogen-bond donors (Lipinski definition) is 1. The van der Waals surface area contributed by atoms with Crippen LogP contribution in [0.2, 0.25) is 0 Å². The lowest BCUT2D eigenvalue weighted by Gasteiger charge is -2.30. The van der Waals surface area contributed by atoms with Gasteiger partial charge in [-0.05, 0) is 61.2 Å². The highest BCUT2D eigenvalue weighted by Crippen LogP contribution is 2.20. The Morgan fingerprint density at radius 1 is 1.07 bits per heavy atom. The van der Waals surface area contributed by atoms with E-state index < -0.39 is 0 Å². The number of aryl methyl sites for hydroxylation is 2. The van der Waals surface area contributed by atoms with Gasteiger partial charge in [-0.3, -0.25) is 18.8 Å². The predicted octanol–water partition coefficient (Wildman–Crippen LogP) is 3.36. The van der Waals surface area contributed by atoms with Crippen molar-refractivity contribution < 1.29 is 4.79 Å². The van der Waals surface area contributed by atoms with Gasteiger partial charge in [0.15, 0.2) is 0 Å². The molecule has 1 saturated heterocycles. The number of nitrogens with zero attached hydrogens (tertiary/aromatic N) is 3. The zero-order valence-corrected chi connectivity index (χ0v) is 17.3. The number of likely N-dealkylation sites (tertiary alicyclic amines) is 1. The number of piperidine rings is 1. The SMILES string of the molecule is C[C@H]1CCCN(Cc2ccc(C(=O)Nc3ccc4c(c3)n(C)c(=O)n4C)cc2)C1. The summed E-state index contributed by atoms with van der Waals surface area (Å²) in [6.07, 6.45) is 2.58. The number of rotatable bonds is 4. The smallest absolute Gasteiger partial charge is 0.322 e. The largest absolute Gasteiger partial charge is 0.328 e. The molecule has 1 aliphatic rings. The molecule has 0 spiro atoms. The number of anilines is 1. The lowest BCUT2D eigenvalue weighted by molar-refractivity contribution is 0.102. The van der Waals surface area contributed by atoms with Crippen LogP contribution in [0.3, 0.4) is 0 Å². The second-order valence-corrected chi connectivity index (χ2v) is 8.24. The van der Waals surface area contributed by atoms with E-state index in [1.54, 1.807) is 23.2 Å². The second-order valence-electron chi connectivity index (χ2n) is 8.24. The van der Waals surface area contributed by atoms with Crippen LogP contribution < -0.4 is 11.0 Å². The van der Waals surface area contributed by atoms with Gasteiger partial charge in [-0.2, -0.15) is 0 Å². The Bertz CT molecular complexity index is 1090.